The molecule has 0 aliphatic heterocycles. The first-order valence-corrected chi connectivity index (χ1v) is 14.0. The zero-order valence-electron chi connectivity index (χ0n) is 21.3. The fraction of sp³-hybridized carbons (Fsp3) is 0.964. The number of hydrogen-bond acceptors (Lipinski definition) is 3. The molecule has 0 saturated heterocycles. The van der Waals surface area contributed by atoms with Gasteiger partial charge in [-0.25, -0.2) is 0 Å². The van der Waals surface area contributed by atoms with Crippen LogP contribution < -0.4 is 0 Å². The first kappa shape index (κ1) is 30.4. The number of unbranched alkanes of at least 4 members (excludes halogenated alkanes) is 19. The van der Waals surface area contributed by atoms with Crippen LogP contribution in [0.4, 0.5) is 0 Å². The third-order valence-corrected chi connectivity index (χ3v) is 6.31. The normalized spacial score (nSPS) is 12.2. The molecule has 0 aromatic carbocycles. The Morgan fingerprint density at radius 1 is 0.581 bits per heavy atom. The molecule has 0 bridgehead atoms. The number of rotatable bonds is 25. The molecular formula is C28H56O3. The van der Waals surface area contributed by atoms with Gasteiger partial charge in [-0.2, -0.15) is 0 Å². The van der Waals surface area contributed by atoms with Crippen molar-refractivity contribution in [3.05, 3.63) is 0 Å². The number of hydrogen-bond donors (Lipinski definition) is 1. The molecule has 3 heteroatoms. The molecule has 0 aromatic rings. The Morgan fingerprint density at radius 3 is 1.35 bits per heavy atom. The van der Waals surface area contributed by atoms with Gasteiger partial charge < -0.3 is 9.84 Å². The molecule has 1 unspecified atom stereocenters. The molecular weight excluding hydrogens is 384 g/mol. The molecule has 0 aliphatic carbocycles. The van der Waals surface area contributed by atoms with E-state index in [9.17, 15) is 9.90 Å². The van der Waals surface area contributed by atoms with Crippen LogP contribution in [-0.2, 0) is 9.53 Å². The summed E-state index contributed by atoms with van der Waals surface area (Å²) in [6, 6.07) is 0. The maximum Gasteiger partial charge on any atom is 0.305 e. The first-order chi connectivity index (χ1) is 15.2. The van der Waals surface area contributed by atoms with Crippen LogP contribution in [0, 0.1) is 0 Å². The summed E-state index contributed by atoms with van der Waals surface area (Å²) in [5, 5.41) is 9.84. The van der Waals surface area contributed by atoms with E-state index < -0.39 is 6.10 Å². The SMILES string of the molecule is CCCCCCCCCCCCCCCCCCCC(=O)OCC(O)CCCCCC. The van der Waals surface area contributed by atoms with Gasteiger partial charge in [0.15, 0.2) is 0 Å². The van der Waals surface area contributed by atoms with Gasteiger partial charge in [-0.3, -0.25) is 4.79 Å². The zero-order valence-corrected chi connectivity index (χ0v) is 21.3. The standard InChI is InChI=1S/C28H56O3/c1-3-5-7-9-10-11-12-13-14-15-16-17-18-19-20-21-23-25-28(30)31-26-27(29)24-22-8-6-4-2/h27,29H,3-26H2,1-2H3. The third-order valence-electron chi connectivity index (χ3n) is 6.31. The van der Waals surface area contributed by atoms with Crippen molar-refractivity contribution < 1.29 is 14.6 Å². The van der Waals surface area contributed by atoms with Gasteiger partial charge in [-0.1, -0.05) is 142 Å². The van der Waals surface area contributed by atoms with E-state index >= 15 is 0 Å². The average Bonchev–Trinajstić information content (AvgIpc) is 2.77. The van der Waals surface area contributed by atoms with Crippen LogP contribution in [-0.4, -0.2) is 23.8 Å². The molecule has 186 valence electrons. The maximum absolute atomic E-state index is 11.8. The summed E-state index contributed by atoms with van der Waals surface area (Å²) in [5.74, 6) is -0.145. The smallest absolute Gasteiger partial charge is 0.305 e. The molecule has 0 amide bonds. The van der Waals surface area contributed by atoms with Crippen molar-refractivity contribution >= 4 is 5.97 Å². The van der Waals surface area contributed by atoms with Crippen LogP contribution in [0.1, 0.15) is 162 Å². The van der Waals surface area contributed by atoms with E-state index in [2.05, 4.69) is 13.8 Å². The van der Waals surface area contributed by atoms with Crippen molar-refractivity contribution in [3.63, 3.8) is 0 Å². The second-order valence-electron chi connectivity index (χ2n) is 9.59. The first-order valence-electron chi connectivity index (χ1n) is 14.0. The highest BCUT2D eigenvalue weighted by molar-refractivity contribution is 5.69. The molecule has 3 nitrogen and oxygen atoms in total. The highest BCUT2D eigenvalue weighted by Crippen LogP contribution is 2.14. The number of aliphatic hydroxyl groups is 1. The molecule has 0 spiro atoms. The van der Waals surface area contributed by atoms with E-state index in [1.165, 1.54) is 109 Å². The second kappa shape index (κ2) is 25.7. The van der Waals surface area contributed by atoms with E-state index in [-0.39, 0.29) is 12.6 Å². The molecule has 0 fully saturated rings. The van der Waals surface area contributed by atoms with Gasteiger partial charge >= 0.3 is 5.97 Å². The molecule has 1 N–H and O–H groups in total. The van der Waals surface area contributed by atoms with Crippen molar-refractivity contribution in [2.45, 2.75) is 168 Å². The molecule has 1 atom stereocenters. The number of aliphatic hydroxyl groups excluding tert-OH is 1. The highest BCUT2D eigenvalue weighted by Gasteiger charge is 2.08. The summed E-state index contributed by atoms with van der Waals surface area (Å²) >= 11 is 0. The van der Waals surface area contributed by atoms with E-state index in [1.807, 2.05) is 0 Å². The number of carbonyl (C=O) groups excluding carboxylic acids is 1. The lowest BCUT2D eigenvalue weighted by Gasteiger charge is -2.11. The minimum Gasteiger partial charge on any atom is -0.463 e. The van der Waals surface area contributed by atoms with E-state index in [0.29, 0.717) is 6.42 Å². The topological polar surface area (TPSA) is 46.5 Å². The van der Waals surface area contributed by atoms with Gasteiger partial charge in [0, 0.05) is 6.42 Å². The predicted molar refractivity (Wildman–Crippen MR) is 135 cm³/mol. The van der Waals surface area contributed by atoms with Crippen molar-refractivity contribution in [2.75, 3.05) is 6.61 Å². The van der Waals surface area contributed by atoms with Crippen molar-refractivity contribution in [1.29, 1.82) is 0 Å². The minimum atomic E-state index is -0.489. The van der Waals surface area contributed by atoms with E-state index in [0.717, 1.165) is 32.1 Å². The molecule has 0 saturated carbocycles. The number of ether oxygens (including phenoxy) is 1. The molecule has 0 aliphatic rings. The number of carbonyl (C=O) groups is 1. The zero-order chi connectivity index (χ0) is 22.8. The van der Waals surface area contributed by atoms with Crippen molar-refractivity contribution in [1.82, 2.24) is 0 Å². The number of esters is 1. The average molecular weight is 441 g/mol. The summed E-state index contributed by atoms with van der Waals surface area (Å²) in [6.45, 7) is 4.63. The Kier molecular flexibility index (Phi) is 25.2. The van der Waals surface area contributed by atoms with Crippen LogP contribution in [0.15, 0.2) is 0 Å². The van der Waals surface area contributed by atoms with Crippen molar-refractivity contribution in [3.8, 4) is 0 Å². The quantitative estimate of drug-likeness (QED) is 0.114. The summed E-state index contributed by atoms with van der Waals surface area (Å²) in [6.07, 6.45) is 28.2. The lowest BCUT2D eigenvalue weighted by molar-refractivity contribution is -0.146. The van der Waals surface area contributed by atoms with Gasteiger partial charge in [0.25, 0.3) is 0 Å². The Morgan fingerprint density at radius 2 is 0.935 bits per heavy atom. The fourth-order valence-electron chi connectivity index (χ4n) is 4.15. The molecule has 0 aromatic heterocycles. The largest absolute Gasteiger partial charge is 0.463 e. The molecule has 31 heavy (non-hydrogen) atoms. The molecule has 0 rings (SSSR count). The van der Waals surface area contributed by atoms with E-state index in [1.54, 1.807) is 0 Å². The Hall–Kier alpha value is -0.570. The van der Waals surface area contributed by atoms with Gasteiger partial charge in [-0.05, 0) is 12.8 Å². The predicted octanol–water partition coefficient (Wildman–Crippen LogP) is 8.90. The van der Waals surface area contributed by atoms with Crippen LogP contribution in [0.5, 0.6) is 0 Å². The third kappa shape index (κ3) is 25.6. The molecule has 0 radical (unpaired) electrons. The Balaban J connectivity index is 3.21. The highest BCUT2D eigenvalue weighted by atomic mass is 16.5. The maximum atomic E-state index is 11.8. The molecule has 0 heterocycles. The van der Waals surface area contributed by atoms with Crippen LogP contribution in [0.25, 0.3) is 0 Å². The lowest BCUT2D eigenvalue weighted by atomic mass is 10.0. The van der Waals surface area contributed by atoms with Crippen LogP contribution in [0.3, 0.4) is 0 Å². The van der Waals surface area contributed by atoms with Crippen LogP contribution in [0.2, 0.25) is 0 Å². The minimum absolute atomic E-state index is 0.145. The summed E-state index contributed by atoms with van der Waals surface area (Å²) < 4.78 is 5.20. The summed E-state index contributed by atoms with van der Waals surface area (Å²) in [7, 11) is 0. The van der Waals surface area contributed by atoms with Gasteiger partial charge in [0.2, 0.25) is 0 Å². The van der Waals surface area contributed by atoms with Gasteiger partial charge in [0.05, 0.1) is 6.10 Å². The summed E-state index contributed by atoms with van der Waals surface area (Å²) in [5.41, 5.74) is 0. The van der Waals surface area contributed by atoms with Crippen molar-refractivity contribution in [2.24, 2.45) is 0 Å². The Bertz CT molecular complexity index is 356. The van der Waals surface area contributed by atoms with Gasteiger partial charge in [-0.15, -0.1) is 0 Å². The van der Waals surface area contributed by atoms with Crippen LogP contribution >= 0.6 is 0 Å². The monoisotopic (exact) mass is 440 g/mol. The lowest BCUT2D eigenvalue weighted by Crippen LogP contribution is -2.18. The Labute approximate surface area is 195 Å². The van der Waals surface area contributed by atoms with Gasteiger partial charge in [0.1, 0.15) is 6.61 Å². The van der Waals surface area contributed by atoms with E-state index in [4.69, 9.17) is 4.74 Å². The fourth-order valence-corrected chi connectivity index (χ4v) is 4.15. The summed E-state index contributed by atoms with van der Waals surface area (Å²) in [4.78, 5) is 11.8. The second-order valence-corrected chi connectivity index (χ2v) is 9.59.